The smallest absolute Gasteiger partial charge is 0.237 e. The summed E-state index contributed by atoms with van der Waals surface area (Å²) in [6, 6.07) is 15.9. The molecular formula is C23H29N3O2. The number of hydrogen-bond donors (Lipinski definition) is 1. The van der Waals surface area contributed by atoms with E-state index in [1.54, 1.807) is 0 Å². The Balaban J connectivity index is 1.74. The molecule has 0 spiro atoms. The summed E-state index contributed by atoms with van der Waals surface area (Å²) in [5.41, 5.74) is 10.3. The van der Waals surface area contributed by atoms with Gasteiger partial charge in [-0.3, -0.25) is 14.5 Å². The zero-order valence-electron chi connectivity index (χ0n) is 16.7. The molecule has 2 amide bonds. The highest BCUT2D eigenvalue weighted by Gasteiger charge is 2.32. The Labute approximate surface area is 167 Å². The van der Waals surface area contributed by atoms with Gasteiger partial charge in [0.1, 0.15) is 0 Å². The van der Waals surface area contributed by atoms with Crippen LogP contribution in [0.5, 0.6) is 0 Å². The maximum atomic E-state index is 13.1. The molecule has 5 nitrogen and oxygen atoms in total. The van der Waals surface area contributed by atoms with E-state index in [2.05, 4.69) is 44.2 Å². The SMILES string of the molecule is CCCN(Cc1ccc(C)cc1)C(=O)CN1Cc2ccccc2C[C@H]1C(N)=O. The zero-order valence-corrected chi connectivity index (χ0v) is 16.7. The van der Waals surface area contributed by atoms with Gasteiger partial charge in [0.15, 0.2) is 0 Å². The Morgan fingerprint density at radius 1 is 1.11 bits per heavy atom. The Bertz CT molecular complexity index is 832. The van der Waals surface area contributed by atoms with Crippen molar-refractivity contribution in [2.45, 2.75) is 45.8 Å². The quantitative estimate of drug-likeness (QED) is 0.804. The summed E-state index contributed by atoms with van der Waals surface area (Å²) in [5.74, 6) is -0.337. The first-order chi connectivity index (χ1) is 13.5. The zero-order chi connectivity index (χ0) is 20.1. The van der Waals surface area contributed by atoms with E-state index in [-0.39, 0.29) is 18.4 Å². The second-order valence-electron chi connectivity index (χ2n) is 7.60. The van der Waals surface area contributed by atoms with Crippen LogP contribution in [0.15, 0.2) is 48.5 Å². The van der Waals surface area contributed by atoms with Crippen LogP contribution in [0.2, 0.25) is 0 Å². The number of carbonyl (C=O) groups is 2. The van der Waals surface area contributed by atoms with Gasteiger partial charge in [-0.1, -0.05) is 61.0 Å². The average Bonchev–Trinajstić information content (AvgIpc) is 2.68. The third-order valence-corrected chi connectivity index (χ3v) is 5.35. The monoisotopic (exact) mass is 379 g/mol. The van der Waals surface area contributed by atoms with Crippen molar-refractivity contribution >= 4 is 11.8 Å². The average molecular weight is 380 g/mol. The van der Waals surface area contributed by atoms with E-state index in [4.69, 9.17) is 5.73 Å². The van der Waals surface area contributed by atoms with Gasteiger partial charge < -0.3 is 10.6 Å². The number of benzene rings is 2. The van der Waals surface area contributed by atoms with Gasteiger partial charge in [0, 0.05) is 19.6 Å². The van der Waals surface area contributed by atoms with Crippen molar-refractivity contribution < 1.29 is 9.59 Å². The minimum Gasteiger partial charge on any atom is -0.368 e. The third kappa shape index (κ3) is 4.78. The molecule has 0 aromatic heterocycles. The molecule has 1 aliphatic rings. The molecule has 2 aromatic rings. The van der Waals surface area contributed by atoms with Crippen molar-refractivity contribution in [3.8, 4) is 0 Å². The van der Waals surface area contributed by atoms with E-state index in [9.17, 15) is 9.59 Å². The summed E-state index contributed by atoms with van der Waals surface area (Å²) >= 11 is 0. The third-order valence-electron chi connectivity index (χ3n) is 5.35. The minimum atomic E-state index is -0.443. The standard InChI is InChI=1S/C23H29N3O2/c1-3-12-25(14-18-10-8-17(2)9-11-18)22(27)16-26-15-20-7-5-4-6-19(20)13-21(26)23(24)28/h4-11,21H,3,12-16H2,1-2H3,(H2,24,28)/t21-/m0/s1. The van der Waals surface area contributed by atoms with Crippen molar-refractivity contribution in [3.63, 3.8) is 0 Å². The molecule has 1 aliphatic heterocycles. The molecule has 0 aliphatic carbocycles. The highest BCUT2D eigenvalue weighted by molar-refractivity contribution is 5.83. The largest absolute Gasteiger partial charge is 0.368 e. The van der Waals surface area contributed by atoms with E-state index >= 15 is 0 Å². The van der Waals surface area contributed by atoms with Gasteiger partial charge in [0.2, 0.25) is 11.8 Å². The van der Waals surface area contributed by atoms with Crippen LogP contribution in [0.1, 0.15) is 35.6 Å². The van der Waals surface area contributed by atoms with Crippen LogP contribution in [0.4, 0.5) is 0 Å². The number of aryl methyl sites for hydroxylation is 1. The summed E-state index contributed by atoms with van der Waals surface area (Å²) in [6.45, 7) is 6.17. The van der Waals surface area contributed by atoms with E-state index in [1.165, 1.54) is 5.56 Å². The topological polar surface area (TPSA) is 66.6 Å². The Kier molecular flexibility index (Phi) is 6.47. The lowest BCUT2D eigenvalue weighted by atomic mass is 9.93. The highest BCUT2D eigenvalue weighted by atomic mass is 16.2. The molecular weight excluding hydrogens is 350 g/mol. The molecule has 0 fully saturated rings. The van der Waals surface area contributed by atoms with E-state index in [0.717, 1.165) is 23.1 Å². The Morgan fingerprint density at radius 2 is 1.79 bits per heavy atom. The summed E-state index contributed by atoms with van der Waals surface area (Å²) in [6.07, 6.45) is 1.45. The van der Waals surface area contributed by atoms with Crippen LogP contribution in [0.3, 0.4) is 0 Å². The maximum Gasteiger partial charge on any atom is 0.237 e. The molecule has 5 heteroatoms. The van der Waals surface area contributed by atoms with Crippen molar-refractivity contribution in [2.75, 3.05) is 13.1 Å². The van der Waals surface area contributed by atoms with Crippen molar-refractivity contribution in [1.29, 1.82) is 0 Å². The number of fused-ring (bicyclic) bond motifs is 1. The molecule has 0 unspecified atom stereocenters. The molecule has 3 rings (SSSR count). The van der Waals surface area contributed by atoms with Crippen molar-refractivity contribution in [1.82, 2.24) is 9.80 Å². The first kappa shape index (κ1) is 20.1. The molecule has 1 atom stereocenters. The Hall–Kier alpha value is -2.66. The van der Waals surface area contributed by atoms with Crippen LogP contribution < -0.4 is 5.73 Å². The molecule has 0 saturated carbocycles. The lowest BCUT2D eigenvalue weighted by Crippen LogP contribution is -2.52. The summed E-state index contributed by atoms with van der Waals surface area (Å²) in [5, 5.41) is 0. The molecule has 28 heavy (non-hydrogen) atoms. The van der Waals surface area contributed by atoms with E-state index in [1.807, 2.05) is 28.0 Å². The highest BCUT2D eigenvalue weighted by Crippen LogP contribution is 2.23. The van der Waals surface area contributed by atoms with Gasteiger partial charge >= 0.3 is 0 Å². The molecule has 2 aromatic carbocycles. The van der Waals surface area contributed by atoms with Gasteiger partial charge in [-0.15, -0.1) is 0 Å². The van der Waals surface area contributed by atoms with Gasteiger partial charge in [-0.05, 0) is 36.5 Å². The van der Waals surface area contributed by atoms with Crippen molar-refractivity contribution in [2.24, 2.45) is 5.73 Å². The number of nitrogens with zero attached hydrogens (tertiary/aromatic N) is 2. The fraction of sp³-hybridized carbons (Fsp3) is 0.391. The fourth-order valence-electron chi connectivity index (χ4n) is 3.77. The summed E-state index contributed by atoms with van der Waals surface area (Å²) in [7, 11) is 0. The summed E-state index contributed by atoms with van der Waals surface area (Å²) < 4.78 is 0. The van der Waals surface area contributed by atoms with Crippen LogP contribution in [0.25, 0.3) is 0 Å². The Morgan fingerprint density at radius 3 is 2.43 bits per heavy atom. The first-order valence-electron chi connectivity index (χ1n) is 9.91. The number of hydrogen-bond acceptors (Lipinski definition) is 3. The van der Waals surface area contributed by atoms with Crippen LogP contribution in [-0.2, 0) is 29.1 Å². The fourth-order valence-corrected chi connectivity index (χ4v) is 3.77. The molecule has 0 saturated heterocycles. The second kappa shape index (κ2) is 9.02. The minimum absolute atomic E-state index is 0.0352. The molecule has 0 radical (unpaired) electrons. The predicted octanol–water partition coefficient (Wildman–Crippen LogP) is 2.65. The second-order valence-corrected chi connectivity index (χ2v) is 7.60. The van der Waals surface area contributed by atoms with Crippen LogP contribution in [-0.4, -0.2) is 40.7 Å². The molecule has 2 N–H and O–H groups in total. The maximum absolute atomic E-state index is 13.1. The lowest BCUT2D eigenvalue weighted by molar-refractivity contribution is -0.135. The van der Waals surface area contributed by atoms with Gasteiger partial charge in [-0.2, -0.15) is 0 Å². The summed E-state index contributed by atoms with van der Waals surface area (Å²) in [4.78, 5) is 28.9. The number of primary amides is 1. The van der Waals surface area contributed by atoms with Gasteiger partial charge in [0.25, 0.3) is 0 Å². The van der Waals surface area contributed by atoms with Crippen LogP contribution >= 0.6 is 0 Å². The molecule has 148 valence electrons. The van der Waals surface area contributed by atoms with E-state index < -0.39 is 6.04 Å². The van der Waals surface area contributed by atoms with Crippen molar-refractivity contribution in [3.05, 3.63) is 70.8 Å². The number of carbonyl (C=O) groups excluding carboxylic acids is 2. The van der Waals surface area contributed by atoms with Gasteiger partial charge in [0.05, 0.1) is 12.6 Å². The number of amides is 2. The molecule has 1 heterocycles. The predicted molar refractivity (Wildman–Crippen MR) is 110 cm³/mol. The molecule has 0 bridgehead atoms. The number of nitrogens with two attached hydrogens (primary N) is 1. The van der Waals surface area contributed by atoms with Crippen LogP contribution in [0, 0.1) is 6.92 Å². The lowest BCUT2D eigenvalue weighted by Gasteiger charge is -2.36. The number of rotatable bonds is 7. The normalized spacial score (nSPS) is 16.4. The van der Waals surface area contributed by atoms with E-state index in [0.29, 0.717) is 26.1 Å². The van der Waals surface area contributed by atoms with Gasteiger partial charge in [-0.25, -0.2) is 0 Å². The first-order valence-corrected chi connectivity index (χ1v) is 9.91.